The molecule has 0 radical (unpaired) electrons. The Balaban J connectivity index is 2.58. The molecule has 0 fully saturated rings. The van der Waals surface area contributed by atoms with Crippen molar-refractivity contribution in [3.8, 4) is 5.75 Å². The highest BCUT2D eigenvalue weighted by Crippen LogP contribution is 2.37. The van der Waals surface area contributed by atoms with Crippen LogP contribution in [0.2, 0.25) is 5.02 Å². The number of H-pyrrole nitrogens is 1. The predicted octanol–water partition coefficient (Wildman–Crippen LogP) is 3.58. The van der Waals surface area contributed by atoms with Crippen LogP contribution in [0.4, 0.5) is 0 Å². The Morgan fingerprint density at radius 3 is 2.74 bits per heavy atom. The van der Waals surface area contributed by atoms with Gasteiger partial charge in [-0.2, -0.15) is 0 Å². The largest absolute Gasteiger partial charge is 0.495 e. The second kappa shape index (κ2) is 4.78. The highest BCUT2D eigenvalue weighted by molar-refractivity contribution is 6.32. The lowest BCUT2D eigenvalue weighted by Gasteiger charge is -2.22. The number of ether oxygens (including phenoxy) is 1. The minimum Gasteiger partial charge on any atom is -0.495 e. The van der Waals surface area contributed by atoms with Crippen LogP contribution >= 0.6 is 11.6 Å². The zero-order chi connectivity index (χ0) is 14.2. The molecule has 1 aromatic carbocycles. The first-order valence-electron chi connectivity index (χ1n) is 5.92. The topological polar surface area (TPSA) is 62.3 Å². The molecular formula is C14H16ClNO3. The lowest BCUT2D eigenvalue weighted by atomic mass is 9.81. The summed E-state index contributed by atoms with van der Waals surface area (Å²) in [5.74, 6) is -0.235. The van der Waals surface area contributed by atoms with Crippen LogP contribution in [0.25, 0.3) is 10.9 Å². The van der Waals surface area contributed by atoms with Crippen LogP contribution in [0.1, 0.15) is 25.8 Å². The molecular weight excluding hydrogens is 266 g/mol. The SMILES string of the molecule is COc1cc2c(C(C)(C)CC(=O)O)c[nH]c2cc1Cl. The quantitative estimate of drug-likeness (QED) is 0.900. The first-order valence-corrected chi connectivity index (χ1v) is 6.30. The number of hydrogen-bond donors (Lipinski definition) is 2. The fourth-order valence-electron chi connectivity index (χ4n) is 2.31. The van der Waals surface area contributed by atoms with Gasteiger partial charge in [0.05, 0.1) is 18.6 Å². The van der Waals surface area contributed by atoms with Gasteiger partial charge in [-0.1, -0.05) is 25.4 Å². The molecule has 0 spiro atoms. The van der Waals surface area contributed by atoms with E-state index >= 15 is 0 Å². The molecule has 2 rings (SSSR count). The van der Waals surface area contributed by atoms with Gasteiger partial charge in [0, 0.05) is 22.5 Å². The molecule has 0 atom stereocenters. The fourth-order valence-corrected chi connectivity index (χ4v) is 2.55. The molecule has 0 saturated carbocycles. The number of rotatable bonds is 4. The third-order valence-electron chi connectivity index (χ3n) is 3.28. The number of nitrogens with one attached hydrogen (secondary N) is 1. The summed E-state index contributed by atoms with van der Waals surface area (Å²) in [5.41, 5.74) is 1.35. The number of aliphatic carboxylic acids is 1. The van der Waals surface area contributed by atoms with E-state index in [0.717, 1.165) is 16.5 Å². The van der Waals surface area contributed by atoms with Crippen molar-refractivity contribution in [2.75, 3.05) is 7.11 Å². The molecule has 0 amide bonds. The average molecular weight is 282 g/mol. The van der Waals surface area contributed by atoms with Gasteiger partial charge in [-0.3, -0.25) is 4.79 Å². The third kappa shape index (κ3) is 2.54. The number of carboxylic acid groups (broad SMARTS) is 1. The molecule has 5 heteroatoms. The van der Waals surface area contributed by atoms with Crippen molar-refractivity contribution >= 4 is 28.5 Å². The summed E-state index contributed by atoms with van der Waals surface area (Å²) in [6.45, 7) is 3.82. The Morgan fingerprint density at radius 2 is 2.16 bits per heavy atom. The lowest BCUT2D eigenvalue weighted by Crippen LogP contribution is -2.21. The number of aromatic amines is 1. The lowest BCUT2D eigenvalue weighted by molar-refractivity contribution is -0.138. The van der Waals surface area contributed by atoms with Gasteiger partial charge < -0.3 is 14.8 Å². The first-order chi connectivity index (χ1) is 8.85. The van der Waals surface area contributed by atoms with Crippen molar-refractivity contribution in [2.24, 2.45) is 0 Å². The second-order valence-corrected chi connectivity index (χ2v) is 5.60. The first kappa shape index (κ1) is 13.7. The van der Waals surface area contributed by atoms with Crippen molar-refractivity contribution < 1.29 is 14.6 Å². The number of fused-ring (bicyclic) bond motifs is 1. The predicted molar refractivity (Wildman–Crippen MR) is 75.1 cm³/mol. The summed E-state index contributed by atoms with van der Waals surface area (Å²) in [6, 6.07) is 3.63. The monoisotopic (exact) mass is 281 g/mol. The van der Waals surface area contributed by atoms with E-state index in [-0.39, 0.29) is 6.42 Å². The van der Waals surface area contributed by atoms with Crippen LogP contribution in [0.15, 0.2) is 18.3 Å². The highest BCUT2D eigenvalue weighted by Gasteiger charge is 2.27. The normalized spacial score (nSPS) is 11.8. The van der Waals surface area contributed by atoms with Gasteiger partial charge in [0.2, 0.25) is 0 Å². The Kier molecular flexibility index (Phi) is 3.45. The maximum Gasteiger partial charge on any atom is 0.304 e. The summed E-state index contributed by atoms with van der Waals surface area (Å²) < 4.78 is 5.21. The molecule has 0 saturated heterocycles. The van der Waals surface area contributed by atoms with E-state index in [1.807, 2.05) is 26.1 Å². The van der Waals surface area contributed by atoms with E-state index in [4.69, 9.17) is 21.4 Å². The zero-order valence-corrected chi connectivity index (χ0v) is 11.8. The smallest absolute Gasteiger partial charge is 0.304 e. The minimum atomic E-state index is -0.819. The standard InChI is InChI=1S/C14H16ClNO3/c1-14(2,6-13(17)18)9-7-16-11-5-10(15)12(19-3)4-8(9)11/h4-5,7,16H,6H2,1-3H3,(H,17,18). The van der Waals surface area contributed by atoms with Gasteiger partial charge in [-0.05, 0) is 17.7 Å². The van der Waals surface area contributed by atoms with E-state index in [1.165, 1.54) is 0 Å². The summed E-state index contributed by atoms with van der Waals surface area (Å²) in [7, 11) is 1.56. The Hall–Kier alpha value is -1.68. The van der Waals surface area contributed by atoms with Crippen molar-refractivity contribution in [1.29, 1.82) is 0 Å². The Morgan fingerprint density at radius 1 is 1.47 bits per heavy atom. The van der Waals surface area contributed by atoms with Crippen LogP contribution in [0.5, 0.6) is 5.75 Å². The maximum absolute atomic E-state index is 11.0. The molecule has 0 bridgehead atoms. The van der Waals surface area contributed by atoms with E-state index in [2.05, 4.69) is 4.98 Å². The number of hydrogen-bond acceptors (Lipinski definition) is 2. The molecule has 2 N–H and O–H groups in total. The van der Waals surface area contributed by atoms with Crippen LogP contribution in [0, 0.1) is 0 Å². The second-order valence-electron chi connectivity index (χ2n) is 5.19. The number of carboxylic acids is 1. The average Bonchev–Trinajstić information content (AvgIpc) is 2.69. The van der Waals surface area contributed by atoms with Crippen molar-refractivity contribution in [3.63, 3.8) is 0 Å². The molecule has 0 unspecified atom stereocenters. The molecule has 19 heavy (non-hydrogen) atoms. The van der Waals surface area contributed by atoms with E-state index < -0.39 is 11.4 Å². The zero-order valence-electron chi connectivity index (χ0n) is 11.1. The van der Waals surface area contributed by atoms with Crippen LogP contribution in [-0.2, 0) is 10.2 Å². The van der Waals surface area contributed by atoms with Gasteiger partial charge in [0.15, 0.2) is 0 Å². The van der Waals surface area contributed by atoms with Crippen molar-refractivity contribution in [2.45, 2.75) is 25.7 Å². The van der Waals surface area contributed by atoms with Gasteiger partial charge in [-0.15, -0.1) is 0 Å². The molecule has 1 aromatic heterocycles. The van der Waals surface area contributed by atoms with Gasteiger partial charge in [0.1, 0.15) is 5.75 Å². The van der Waals surface area contributed by atoms with E-state index in [0.29, 0.717) is 10.8 Å². The Labute approximate surface area is 116 Å². The molecule has 102 valence electrons. The summed E-state index contributed by atoms with van der Waals surface area (Å²) in [6.07, 6.45) is 1.90. The summed E-state index contributed by atoms with van der Waals surface area (Å²) in [4.78, 5) is 14.1. The number of carbonyl (C=O) groups is 1. The molecule has 1 heterocycles. The van der Waals surface area contributed by atoms with Crippen LogP contribution in [-0.4, -0.2) is 23.2 Å². The van der Waals surface area contributed by atoms with E-state index in [1.54, 1.807) is 13.2 Å². The van der Waals surface area contributed by atoms with Gasteiger partial charge in [0.25, 0.3) is 0 Å². The molecule has 0 aliphatic carbocycles. The number of halogens is 1. The molecule has 0 aliphatic rings. The van der Waals surface area contributed by atoms with Crippen LogP contribution in [0.3, 0.4) is 0 Å². The number of methoxy groups -OCH3 is 1. The number of benzene rings is 1. The summed E-state index contributed by atoms with van der Waals surface area (Å²) in [5, 5.41) is 10.5. The van der Waals surface area contributed by atoms with Crippen LogP contribution < -0.4 is 4.74 Å². The maximum atomic E-state index is 11.0. The third-order valence-corrected chi connectivity index (χ3v) is 3.57. The fraction of sp³-hybridized carbons (Fsp3) is 0.357. The number of aromatic nitrogens is 1. The van der Waals surface area contributed by atoms with Crippen molar-refractivity contribution in [3.05, 3.63) is 28.9 Å². The molecule has 4 nitrogen and oxygen atoms in total. The Bertz CT molecular complexity index is 631. The van der Waals surface area contributed by atoms with E-state index in [9.17, 15) is 4.79 Å². The molecule has 0 aliphatic heterocycles. The van der Waals surface area contributed by atoms with Gasteiger partial charge >= 0.3 is 5.97 Å². The van der Waals surface area contributed by atoms with Gasteiger partial charge in [-0.25, -0.2) is 0 Å². The molecule has 2 aromatic rings. The summed E-state index contributed by atoms with van der Waals surface area (Å²) >= 11 is 6.07. The van der Waals surface area contributed by atoms with Crippen molar-refractivity contribution in [1.82, 2.24) is 4.98 Å². The minimum absolute atomic E-state index is 0.0604. The highest BCUT2D eigenvalue weighted by atomic mass is 35.5.